The van der Waals surface area contributed by atoms with E-state index in [1.165, 1.54) is 23.2 Å². The topological polar surface area (TPSA) is 160 Å². The van der Waals surface area contributed by atoms with Crippen LogP contribution in [0, 0.1) is 5.41 Å². The van der Waals surface area contributed by atoms with Crippen LogP contribution in [-0.4, -0.2) is 62.9 Å². The molecule has 43 heavy (non-hydrogen) atoms. The van der Waals surface area contributed by atoms with E-state index in [0.29, 0.717) is 17.5 Å². The number of nitrogens with one attached hydrogen (secondary N) is 2. The number of benzene rings is 2. The molecule has 3 amide bonds. The third-order valence-corrected chi connectivity index (χ3v) is 6.89. The second kappa shape index (κ2) is 12.2. The van der Waals surface area contributed by atoms with E-state index in [1.807, 2.05) is 20.8 Å². The third-order valence-electron chi connectivity index (χ3n) is 6.89. The highest BCUT2D eigenvalue weighted by Gasteiger charge is 2.45. The summed E-state index contributed by atoms with van der Waals surface area (Å²) in [6, 6.07) is 10.6. The molecule has 2 heterocycles. The molecule has 4 rings (SSSR count). The molecule has 0 bridgehead atoms. The number of nitrogen functional groups attached to an aromatic ring is 1. The van der Waals surface area contributed by atoms with Gasteiger partial charge in [0.05, 0.1) is 24.0 Å². The summed E-state index contributed by atoms with van der Waals surface area (Å²) < 4.78 is 40.9. The minimum Gasteiger partial charge on any atom is -0.465 e. The van der Waals surface area contributed by atoms with Crippen LogP contribution in [-0.2, 0) is 6.54 Å². The lowest BCUT2D eigenvalue weighted by Gasteiger charge is -2.37. The highest BCUT2D eigenvalue weighted by atomic mass is 19.4. The van der Waals surface area contributed by atoms with Crippen molar-refractivity contribution in [3.63, 3.8) is 0 Å². The van der Waals surface area contributed by atoms with Crippen molar-refractivity contribution in [3.8, 4) is 17.0 Å². The number of halogens is 3. The normalized spacial score (nSPS) is 16.9. The molecule has 1 saturated heterocycles. The van der Waals surface area contributed by atoms with Crippen LogP contribution in [0.2, 0.25) is 0 Å². The Morgan fingerprint density at radius 3 is 2.42 bits per heavy atom. The highest BCUT2D eigenvalue weighted by molar-refractivity contribution is 5.97. The Balaban J connectivity index is 1.46. The second-order valence-corrected chi connectivity index (χ2v) is 11.1. The molecule has 1 fully saturated rings. The Bertz CT molecular complexity index is 1510. The molecule has 11 nitrogen and oxygen atoms in total. The summed E-state index contributed by atoms with van der Waals surface area (Å²) in [4.78, 5) is 47.7. The minimum atomic E-state index is -4.80. The van der Waals surface area contributed by atoms with Crippen LogP contribution in [0.1, 0.15) is 53.6 Å². The number of alkyl halides is 3. The van der Waals surface area contributed by atoms with Gasteiger partial charge in [0.1, 0.15) is 5.75 Å². The predicted octanol–water partition coefficient (Wildman–Crippen LogP) is 4.45. The van der Waals surface area contributed by atoms with Crippen molar-refractivity contribution < 1.29 is 37.4 Å². The van der Waals surface area contributed by atoms with E-state index in [4.69, 9.17) is 5.73 Å². The molecule has 1 aliphatic heterocycles. The summed E-state index contributed by atoms with van der Waals surface area (Å²) in [6.07, 6.45) is -4.06. The fourth-order valence-electron chi connectivity index (χ4n) is 5.08. The van der Waals surface area contributed by atoms with Crippen LogP contribution in [0.25, 0.3) is 11.3 Å². The molecular weight excluding hydrogens is 569 g/mol. The van der Waals surface area contributed by atoms with Crippen LogP contribution >= 0.6 is 0 Å². The molecule has 0 saturated carbocycles. The molecule has 1 unspecified atom stereocenters. The number of carbonyl (C=O) groups excluding carboxylic acids is 2. The molecule has 2 atom stereocenters. The lowest BCUT2D eigenvalue weighted by Crippen LogP contribution is -2.53. The summed E-state index contributed by atoms with van der Waals surface area (Å²) in [6.45, 7) is 6.03. The van der Waals surface area contributed by atoms with Gasteiger partial charge in [-0.3, -0.25) is 9.59 Å². The molecule has 14 heteroatoms. The number of ether oxygens (including phenoxy) is 1. The van der Waals surface area contributed by atoms with Gasteiger partial charge >= 0.3 is 12.5 Å². The number of carbonyl (C=O) groups is 3. The first-order valence-electron chi connectivity index (χ1n) is 13.3. The van der Waals surface area contributed by atoms with E-state index in [-0.39, 0.29) is 41.6 Å². The number of anilines is 1. The first kappa shape index (κ1) is 31.1. The van der Waals surface area contributed by atoms with Gasteiger partial charge in [0.15, 0.2) is 11.5 Å². The average Bonchev–Trinajstić information content (AvgIpc) is 3.36. The lowest BCUT2D eigenvalue weighted by molar-refractivity contribution is -0.274. The minimum absolute atomic E-state index is 0.0530. The number of amides is 3. The Morgan fingerprint density at radius 1 is 1.09 bits per heavy atom. The standard InChI is InChI=1S/C29H31F3N6O5/c1-28(2,3)23-20(11-12-38(23)27(41)42)37-26(40)22-24(33)34-15-21(36-22)17-5-4-6-18(13-17)25(39)35-14-16-7-9-19(10-8-16)43-29(30,31)32/h4-10,13,15,20,23H,11-12,14H2,1-3H3,(H2,33,34)(H,35,39)(H,37,40)(H,41,42)/t20-,23?/m0/s1. The Morgan fingerprint density at radius 2 is 1.79 bits per heavy atom. The number of carboxylic acid groups (broad SMARTS) is 1. The lowest BCUT2D eigenvalue weighted by atomic mass is 9.82. The van der Waals surface area contributed by atoms with Gasteiger partial charge in [-0.15, -0.1) is 13.2 Å². The van der Waals surface area contributed by atoms with Crippen molar-refractivity contribution in [1.29, 1.82) is 0 Å². The number of likely N-dealkylation sites (tertiary alicyclic amines) is 1. The zero-order chi connectivity index (χ0) is 31.5. The van der Waals surface area contributed by atoms with Crippen LogP contribution in [0.4, 0.5) is 23.8 Å². The summed E-state index contributed by atoms with van der Waals surface area (Å²) in [5.41, 5.74) is 6.99. The SMILES string of the molecule is CC(C)(C)C1[C@@H](NC(=O)c2nc(-c3cccc(C(=O)NCc4ccc(OC(F)(F)F)cc4)c3)cnc2N)CCN1C(=O)O. The summed E-state index contributed by atoms with van der Waals surface area (Å²) >= 11 is 0. The fraction of sp³-hybridized carbons (Fsp3) is 0.345. The van der Waals surface area contributed by atoms with Crippen LogP contribution < -0.4 is 21.1 Å². The first-order valence-corrected chi connectivity index (χ1v) is 13.3. The molecule has 0 radical (unpaired) electrons. The molecule has 228 valence electrons. The highest BCUT2D eigenvalue weighted by Crippen LogP contribution is 2.33. The Kier molecular flexibility index (Phi) is 8.78. The maximum absolute atomic E-state index is 13.3. The Hall–Kier alpha value is -4.88. The number of hydrogen-bond donors (Lipinski definition) is 4. The van der Waals surface area contributed by atoms with Gasteiger partial charge in [-0.05, 0) is 41.7 Å². The van der Waals surface area contributed by atoms with E-state index in [0.717, 1.165) is 12.1 Å². The van der Waals surface area contributed by atoms with Crippen molar-refractivity contribution >= 4 is 23.7 Å². The van der Waals surface area contributed by atoms with E-state index in [2.05, 4.69) is 25.3 Å². The van der Waals surface area contributed by atoms with Crippen LogP contribution in [0.3, 0.4) is 0 Å². The summed E-state index contributed by atoms with van der Waals surface area (Å²) in [5, 5.41) is 15.2. The molecular formula is C29H31F3N6O5. The van der Waals surface area contributed by atoms with Crippen molar-refractivity contribution in [2.45, 2.75) is 52.2 Å². The van der Waals surface area contributed by atoms with Gasteiger partial charge in [0, 0.05) is 24.2 Å². The van der Waals surface area contributed by atoms with Crippen LogP contribution in [0.5, 0.6) is 5.75 Å². The van der Waals surface area contributed by atoms with Crippen molar-refractivity contribution in [1.82, 2.24) is 25.5 Å². The van der Waals surface area contributed by atoms with Crippen molar-refractivity contribution in [2.75, 3.05) is 12.3 Å². The molecule has 2 aromatic carbocycles. The number of nitrogens with zero attached hydrogens (tertiary/aromatic N) is 3. The number of aromatic nitrogens is 2. The van der Waals surface area contributed by atoms with Crippen molar-refractivity contribution in [3.05, 3.63) is 71.5 Å². The van der Waals surface area contributed by atoms with Crippen LogP contribution in [0.15, 0.2) is 54.7 Å². The van der Waals surface area contributed by atoms with E-state index < -0.39 is 41.8 Å². The number of nitrogens with two attached hydrogens (primary N) is 1. The average molecular weight is 601 g/mol. The van der Waals surface area contributed by atoms with E-state index in [1.54, 1.807) is 24.3 Å². The maximum atomic E-state index is 13.3. The summed E-state index contributed by atoms with van der Waals surface area (Å²) in [5.74, 6) is -1.52. The van der Waals surface area contributed by atoms with Crippen molar-refractivity contribution in [2.24, 2.45) is 5.41 Å². The molecule has 5 N–H and O–H groups in total. The molecule has 1 aromatic heterocycles. The molecule has 3 aromatic rings. The second-order valence-electron chi connectivity index (χ2n) is 11.1. The zero-order valence-corrected chi connectivity index (χ0v) is 23.6. The number of rotatable bonds is 7. The van der Waals surface area contributed by atoms with E-state index in [9.17, 15) is 32.7 Å². The summed E-state index contributed by atoms with van der Waals surface area (Å²) in [7, 11) is 0. The fourth-order valence-corrected chi connectivity index (χ4v) is 5.08. The van der Waals surface area contributed by atoms with E-state index >= 15 is 0 Å². The molecule has 0 aliphatic carbocycles. The molecule has 1 aliphatic rings. The van der Waals surface area contributed by atoms with Gasteiger partial charge in [0.2, 0.25) is 0 Å². The monoisotopic (exact) mass is 600 g/mol. The zero-order valence-electron chi connectivity index (χ0n) is 23.6. The van der Waals surface area contributed by atoms with Gasteiger partial charge in [-0.1, -0.05) is 45.0 Å². The molecule has 0 spiro atoms. The van der Waals surface area contributed by atoms with Gasteiger partial charge in [0.25, 0.3) is 11.8 Å². The quantitative estimate of drug-likeness (QED) is 0.310. The first-order chi connectivity index (χ1) is 20.1. The van der Waals surface area contributed by atoms with Gasteiger partial charge in [-0.25, -0.2) is 14.8 Å². The predicted molar refractivity (Wildman–Crippen MR) is 150 cm³/mol. The Labute approximate surface area is 245 Å². The largest absolute Gasteiger partial charge is 0.573 e. The third kappa shape index (κ3) is 7.70. The number of hydrogen-bond acceptors (Lipinski definition) is 7. The van der Waals surface area contributed by atoms with Gasteiger partial charge in [-0.2, -0.15) is 0 Å². The van der Waals surface area contributed by atoms with Gasteiger partial charge < -0.3 is 31.1 Å². The maximum Gasteiger partial charge on any atom is 0.573 e. The smallest absolute Gasteiger partial charge is 0.465 e.